The third kappa shape index (κ3) is 3.18. The maximum absolute atomic E-state index is 13.6. The van der Waals surface area contributed by atoms with Crippen LogP contribution in [0.1, 0.15) is 38.2 Å². The number of carbonyl (C=O) groups excluding carboxylic acids is 1. The molecule has 1 aromatic rings. The number of carbonyl (C=O) groups is 1. The number of Topliss-reactive ketones (excluding diaryl/α,β-unsaturated/α-hetero) is 1. The average molecular weight is 279 g/mol. The maximum Gasteiger partial charge on any atom is 0.165 e. The van der Waals surface area contributed by atoms with E-state index in [0.29, 0.717) is 11.5 Å². The molecule has 20 heavy (non-hydrogen) atoms. The fourth-order valence-electron chi connectivity index (χ4n) is 3.03. The zero-order chi connectivity index (χ0) is 14.8. The first kappa shape index (κ1) is 15.0. The fourth-order valence-corrected chi connectivity index (χ4v) is 3.03. The van der Waals surface area contributed by atoms with Crippen LogP contribution in [0.25, 0.3) is 0 Å². The first-order valence-corrected chi connectivity index (χ1v) is 7.09. The Kier molecular flexibility index (Phi) is 4.43. The molecule has 1 saturated carbocycles. The van der Waals surface area contributed by atoms with Crippen molar-refractivity contribution in [3.63, 3.8) is 0 Å². The van der Waals surface area contributed by atoms with Gasteiger partial charge in [0.2, 0.25) is 0 Å². The normalized spacial score (nSPS) is 26.3. The van der Waals surface area contributed by atoms with Crippen LogP contribution in [0.15, 0.2) is 18.2 Å². The number of ether oxygens (including phenoxy) is 1. The van der Waals surface area contributed by atoms with Crippen LogP contribution in [0.5, 0.6) is 5.75 Å². The molecule has 1 fully saturated rings. The molecule has 3 nitrogen and oxygen atoms in total. The smallest absolute Gasteiger partial charge is 0.165 e. The van der Waals surface area contributed by atoms with Crippen molar-refractivity contribution in [3.8, 4) is 5.75 Å². The van der Waals surface area contributed by atoms with Gasteiger partial charge in [0, 0.05) is 6.42 Å². The number of rotatable bonds is 4. The highest BCUT2D eigenvalue weighted by Gasteiger charge is 2.37. The molecule has 0 aromatic heterocycles. The third-order valence-electron chi connectivity index (χ3n) is 4.17. The SMILES string of the molecule is COc1ccc(CC(=O)C2(N)CCCC(C)C2)cc1F. The molecular weight excluding hydrogens is 257 g/mol. The molecule has 110 valence electrons. The lowest BCUT2D eigenvalue weighted by Crippen LogP contribution is -2.51. The van der Waals surface area contributed by atoms with E-state index in [1.165, 1.54) is 13.2 Å². The van der Waals surface area contributed by atoms with Crippen molar-refractivity contribution in [2.45, 2.75) is 44.6 Å². The fraction of sp³-hybridized carbons (Fsp3) is 0.562. The first-order valence-electron chi connectivity index (χ1n) is 7.09. The second kappa shape index (κ2) is 5.92. The van der Waals surface area contributed by atoms with E-state index in [2.05, 4.69) is 6.92 Å². The molecule has 0 radical (unpaired) electrons. The Bertz CT molecular complexity index is 503. The van der Waals surface area contributed by atoms with E-state index in [4.69, 9.17) is 10.5 Å². The van der Waals surface area contributed by atoms with Crippen LogP contribution < -0.4 is 10.5 Å². The molecule has 2 rings (SSSR count). The number of halogens is 1. The van der Waals surface area contributed by atoms with Crippen molar-refractivity contribution in [2.75, 3.05) is 7.11 Å². The molecule has 1 aliphatic rings. The van der Waals surface area contributed by atoms with Crippen molar-refractivity contribution in [3.05, 3.63) is 29.6 Å². The highest BCUT2D eigenvalue weighted by Crippen LogP contribution is 2.32. The lowest BCUT2D eigenvalue weighted by molar-refractivity contribution is -0.125. The number of hydrogen-bond acceptors (Lipinski definition) is 3. The van der Waals surface area contributed by atoms with Crippen LogP contribution in [0, 0.1) is 11.7 Å². The number of hydrogen-bond donors (Lipinski definition) is 1. The zero-order valence-corrected chi connectivity index (χ0v) is 12.1. The Morgan fingerprint density at radius 2 is 2.30 bits per heavy atom. The van der Waals surface area contributed by atoms with Crippen LogP contribution >= 0.6 is 0 Å². The minimum absolute atomic E-state index is 0.00798. The van der Waals surface area contributed by atoms with Gasteiger partial charge in [0.15, 0.2) is 17.3 Å². The van der Waals surface area contributed by atoms with Gasteiger partial charge >= 0.3 is 0 Å². The number of benzene rings is 1. The zero-order valence-electron chi connectivity index (χ0n) is 12.1. The van der Waals surface area contributed by atoms with Gasteiger partial charge in [0.25, 0.3) is 0 Å². The van der Waals surface area contributed by atoms with Crippen molar-refractivity contribution in [2.24, 2.45) is 11.7 Å². The van der Waals surface area contributed by atoms with Crippen molar-refractivity contribution in [1.29, 1.82) is 0 Å². The Hall–Kier alpha value is -1.42. The van der Waals surface area contributed by atoms with Crippen LogP contribution in [-0.4, -0.2) is 18.4 Å². The Balaban J connectivity index is 2.09. The lowest BCUT2D eigenvalue weighted by atomic mass is 9.73. The summed E-state index contributed by atoms with van der Waals surface area (Å²) in [5.41, 5.74) is 6.17. The van der Waals surface area contributed by atoms with Crippen LogP contribution in [0.2, 0.25) is 0 Å². The molecule has 0 saturated heterocycles. The molecular formula is C16H22FNO2. The van der Waals surface area contributed by atoms with Gasteiger partial charge in [-0.3, -0.25) is 4.79 Å². The minimum Gasteiger partial charge on any atom is -0.494 e. The number of ketones is 1. The average Bonchev–Trinajstić information content (AvgIpc) is 2.38. The molecule has 2 atom stereocenters. The van der Waals surface area contributed by atoms with Crippen LogP contribution in [0.4, 0.5) is 4.39 Å². The summed E-state index contributed by atoms with van der Waals surface area (Å²) in [6.07, 6.45) is 3.76. The monoisotopic (exact) mass is 279 g/mol. The third-order valence-corrected chi connectivity index (χ3v) is 4.17. The van der Waals surface area contributed by atoms with Gasteiger partial charge in [-0.05, 0) is 36.5 Å². The van der Waals surface area contributed by atoms with Gasteiger partial charge in [-0.25, -0.2) is 4.39 Å². The quantitative estimate of drug-likeness (QED) is 0.922. The van der Waals surface area contributed by atoms with E-state index < -0.39 is 11.4 Å². The van der Waals surface area contributed by atoms with E-state index in [9.17, 15) is 9.18 Å². The second-order valence-electron chi connectivity index (χ2n) is 5.93. The summed E-state index contributed by atoms with van der Waals surface area (Å²) in [6, 6.07) is 4.62. The lowest BCUT2D eigenvalue weighted by Gasteiger charge is -2.35. The van der Waals surface area contributed by atoms with E-state index in [0.717, 1.165) is 25.7 Å². The summed E-state index contributed by atoms with van der Waals surface area (Å²) < 4.78 is 18.5. The molecule has 4 heteroatoms. The maximum atomic E-state index is 13.6. The number of methoxy groups -OCH3 is 1. The van der Waals surface area contributed by atoms with Gasteiger partial charge in [-0.15, -0.1) is 0 Å². The van der Waals surface area contributed by atoms with Crippen LogP contribution in [0.3, 0.4) is 0 Å². The predicted molar refractivity (Wildman–Crippen MR) is 76.2 cm³/mol. The predicted octanol–water partition coefficient (Wildman–Crippen LogP) is 2.85. The second-order valence-corrected chi connectivity index (χ2v) is 5.93. The molecule has 0 bridgehead atoms. The number of nitrogens with two attached hydrogens (primary N) is 1. The van der Waals surface area contributed by atoms with E-state index in [1.54, 1.807) is 12.1 Å². The van der Waals surface area contributed by atoms with Crippen molar-refractivity contribution < 1.29 is 13.9 Å². The Labute approximate surface area is 119 Å². The topological polar surface area (TPSA) is 52.3 Å². The Morgan fingerprint density at radius 3 is 2.90 bits per heavy atom. The van der Waals surface area contributed by atoms with Gasteiger partial charge in [-0.2, -0.15) is 0 Å². The van der Waals surface area contributed by atoms with Gasteiger partial charge < -0.3 is 10.5 Å². The summed E-state index contributed by atoms with van der Waals surface area (Å²) in [6.45, 7) is 2.13. The summed E-state index contributed by atoms with van der Waals surface area (Å²) in [4.78, 5) is 12.4. The Morgan fingerprint density at radius 1 is 1.55 bits per heavy atom. The summed E-state index contributed by atoms with van der Waals surface area (Å²) >= 11 is 0. The summed E-state index contributed by atoms with van der Waals surface area (Å²) in [7, 11) is 1.42. The molecule has 2 unspecified atom stereocenters. The van der Waals surface area contributed by atoms with Gasteiger partial charge in [-0.1, -0.05) is 25.8 Å². The van der Waals surface area contributed by atoms with E-state index >= 15 is 0 Å². The highest BCUT2D eigenvalue weighted by atomic mass is 19.1. The van der Waals surface area contributed by atoms with Gasteiger partial charge in [0.05, 0.1) is 12.6 Å². The summed E-state index contributed by atoms with van der Waals surface area (Å²) in [5, 5.41) is 0. The van der Waals surface area contributed by atoms with E-state index in [1.807, 2.05) is 0 Å². The molecule has 1 aliphatic carbocycles. The standard InChI is InChI=1S/C16H22FNO2/c1-11-4-3-7-16(18,10-11)15(19)9-12-5-6-14(20-2)13(17)8-12/h5-6,8,11H,3-4,7,9-10,18H2,1-2H3. The van der Waals surface area contributed by atoms with Crippen LogP contribution in [-0.2, 0) is 11.2 Å². The molecule has 2 N–H and O–H groups in total. The summed E-state index contributed by atoms with van der Waals surface area (Å²) in [5.74, 6) is 0.231. The molecule has 0 spiro atoms. The minimum atomic E-state index is -0.742. The first-order chi connectivity index (χ1) is 9.44. The van der Waals surface area contributed by atoms with E-state index in [-0.39, 0.29) is 18.0 Å². The largest absolute Gasteiger partial charge is 0.494 e. The molecule has 0 heterocycles. The molecule has 1 aromatic carbocycles. The molecule has 0 aliphatic heterocycles. The highest BCUT2D eigenvalue weighted by molar-refractivity contribution is 5.90. The van der Waals surface area contributed by atoms with Gasteiger partial charge in [0.1, 0.15) is 0 Å². The van der Waals surface area contributed by atoms with Crippen molar-refractivity contribution in [1.82, 2.24) is 0 Å². The van der Waals surface area contributed by atoms with Crippen molar-refractivity contribution >= 4 is 5.78 Å². The molecule has 0 amide bonds.